The Morgan fingerprint density at radius 1 is 0.472 bits per heavy atom. The minimum absolute atomic E-state index is 0.139. The molecule has 1 fully saturated rings. The summed E-state index contributed by atoms with van der Waals surface area (Å²) in [6.45, 7) is 6.99. The highest BCUT2D eigenvalue weighted by molar-refractivity contribution is 7.17. The zero-order valence-corrected chi connectivity index (χ0v) is 72.5. The minimum atomic E-state index is -0.243. The number of aryl methyl sites for hydroxylation is 1. The van der Waals surface area contributed by atoms with Gasteiger partial charge in [0.1, 0.15) is 11.6 Å². The van der Waals surface area contributed by atoms with Gasteiger partial charge in [-0.15, -0.1) is 45.3 Å². The zero-order chi connectivity index (χ0) is 86.4. The maximum absolute atomic E-state index is 13.8. The summed E-state index contributed by atoms with van der Waals surface area (Å²) in [5, 5.41) is 17.2. The molecular weight excluding hydrogens is 1680 g/mol. The number of methoxy groups -OCH3 is 1. The number of hydrogen-bond donors (Lipinski definition) is 1. The third-order valence-corrected chi connectivity index (χ3v) is 24.9. The SMILES string of the molecule is COc1cccc(-c2ncccc2-c2ccc3ncsc3c2)c1.Cc1cc(-c2ncccc2-c2ccn3ncc(C(=O)NCCCN4CCOCC4)c3c2)ccc1F.Clc1cccc(-c2ncccc2-c2ccc3ncsc3c2)c1.N#Cc1cccc(-c2ncccc2-c2ccc3ncsc3c2)c1.c1cnc(-c2ccc3c(c2)OCO3)c(-c2ccc3ncsc3c2)c1. The predicted octanol–water partition coefficient (Wildman–Crippen LogP) is 24.3. The van der Waals surface area contributed by atoms with Crippen molar-refractivity contribution in [2.75, 3.05) is 53.3 Å². The van der Waals surface area contributed by atoms with Crippen molar-refractivity contribution in [3.05, 3.63) is 348 Å². The van der Waals surface area contributed by atoms with Gasteiger partial charge in [-0.1, -0.05) is 103 Å². The van der Waals surface area contributed by atoms with E-state index in [-0.39, 0.29) is 18.5 Å². The first-order chi connectivity index (χ1) is 62.5. The van der Waals surface area contributed by atoms with Crippen molar-refractivity contribution >= 4 is 109 Å². The first kappa shape index (κ1) is 83.4. The van der Waals surface area contributed by atoms with Crippen LogP contribution in [0.15, 0.2) is 320 Å². The van der Waals surface area contributed by atoms with Crippen LogP contribution in [0.3, 0.4) is 0 Å². The molecule has 25 heteroatoms. The smallest absolute Gasteiger partial charge is 0.255 e. The molecule has 0 atom stereocenters. The fourth-order valence-corrected chi connectivity index (χ4v) is 18.2. The lowest BCUT2D eigenvalue weighted by molar-refractivity contribution is 0.0374. The number of nitrogens with one attached hydrogen (secondary N) is 1. The molecule has 622 valence electrons. The Hall–Kier alpha value is -14.5. The molecule has 0 bridgehead atoms. The van der Waals surface area contributed by atoms with Gasteiger partial charge in [-0.3, -0.25) is 34.6 Å². The van der Waals surface area contributed by atoms with Crippen LogP contribution in [-0.2, 0) is 4.74 Å². The number of morpholine rings is 1. The van der Waals surface area contributed by atoms with Crippen LogP contribution in [0.1, 0.15) is 27.9 Å². The van der Waals surface area contributed by atoms with Gasteiger partial charge in [-0.05, 0) is 217 Å². The van der Waals surface area contributed by atoms with Crippen LogP contribution in [0, 0.1) is 24.1 Å². The van der Waals surface area contributed by atoms with E-state index >= 15 is 0 Å². The molecule has 1 saturated heterocycles. The number of aromatic nitrogens is 11. The quantitative estimate of drug-likeness (QED) is 0.0887. The van der Waals surface area contributed by atoms with Gasteiger partial charge in [0.15, 0.2) is 11.5 Å². The number of nitrogens with zero attached hydrogens (tertiary/aromatic N) is 13. The van der Waals surface area contributed by atoms with Crippen molar-refractivity contribution < 1.29 is 28.1 Å². The molecule has 127 heavy (non-hydrogen) atoms. The Balaban J connectivity index is 0.000000109. The van der Waals surface area contributed by atoms with Crippen LogP contribution in [0.5, 0.6) is 17.2 Å². The van der Waals surface area contributed by atoms with E-state index < -0.39 is 0 Å². The van der Waals surface area contributed by atoms with Gasteiger partial charge in [0, 0.05) is 117 Å². The second kappa shape index (κ2) is 39.1. The van der Waals surface area contributed by atoms with E-state index in [2.05, 4.69) is 163 Å². The number of ether oxygens (including phenoxy) is 4. The minimum Gasteiger partial charge on any atom is -0.497 e. The maximum Gasteiger partial charge on any atom is 0.255 e. The van der Waals surface area contributed by atoms with Gasteiger partial charge in [-0.25, -0.2) is 28.8 Å². The number of carbonyl (C=O) groups excluding carboxylic acids is 1. The molecule has 0 saturated carbocycles. The zero-order valence-electron chi connectivity index (χ0n) is 68.5. The lowest BCUT2D eigenvalue weighted by Gasteiger charge is -2.26. The Bertz CT molecular complexity index is 7410. The van der Waals surface area contributed by atoms with Crippen LogP contribution < -0.4 is 19.5 Å². The van der Waals surface area contributed by atoms with Gasteiger partial charge in [-0.2, -0.15) is 10.4 Å². The highest BCUT2D eigenvalue weighted by Gasteiger charge is 2.22. The fourth-order valence-electron chi connectivity index (χ4n) is 15.2. The Labute approximate surface area is 751 Å². The molecule has 2 aliphatic rings. The summed E-state index contributed by atoms with van der Waals surface area (Å²) in [6.07, 6.45) is 13.3. The third kappa shape index (κ3) is 19.2. The highest BCUT2D eigenvalue weighted by atomic mass is 35.5. The number of thiazole rings is 4. The average Bonchev–Trinajstić information content (AvgIpc) is 1.59. The molecule has 1 amide bonds. The standard InChI is InChI=1S/C27H28FN5O2.C19H11N3S.C19H12N2O2S.C19H14N2OS.C18H11ClN2S/c1-19-16-21(5-6-24(19)28)26-22(4-2-8-29-26)20-7-11-33-25(17-20)23(18-31-33)27(34)30-9-3-10-32-12-14-35-15-13-32;20-11-13-3-1-4-15(9-13)19-16(5-2-8-21-19)14-6-7-17-18(10-14)23-12-22-17;1-2-14(12-3-5-15-18(9-12)24-10-21-15)19(20-7-1)13-4-6-16-17(8-13)23-11-22-16;1-22-15-5-2-4-14(10-15)19-16(6-3-9-20-19)13-7-8-17-18(11-13)23-12-21-17;19-14-4-1-3-13(9-14)18-15(5-2-8-20-18)12-6-7-16-17(10-12)22-11-21-16/h2,4-8,11,16-18H,3,9-10,12-15H2,1H3,(H,30,34);1-10,12H;1-10H,11H2;2-12H,1H3;1-11H. The van der Waals surface area contributed by atoms with E-state index in [0.29, 0.717) is 28.3 Å². The molecule has 13 heterocycles. The van der Waals surface area contributed by atoms with Gasteiger partial charge in [0.25, 0.3) is 5.91 Å². The summed E-state index contributed by atoms with van der Waals surface area (Å²) in [5.74, 6) is 1.99. The highest BCUT2D eigenvalue weighted by Crippen LogP contribution is 2.42. The normalized spacial score (nSPS) is 12.1. The summed E-state index contributed by atoms with van der Waals surface area (Å²) in [7, 11) is 1.68. The number of rotatable bonds is 16. The Morgan fingerprint density at radius 3 is 1.40 bits per heavy atom. The second-order valence-electron chi connectivity index (χ2n) is 29.5. The van der Waals surface area contributed by atoms with Crippen LogP contribution >= 0.6 is 56.9 Å². The molecule has 22 rings (SSSR count). The topological polar surface area (TPSA) is 226 Å². The van der Waals surface area contributed by atoms with Crippen molar-refractivity contribution in [2.24, 2.45) is 0 Å². The molecular formula is C102H76ClFN14O5S4. The number of hydrogen-bond acceptors (Lipinski definition) is 21. The molecule has 20 aromatic rings. The second-order valence-corrected chi connectivity index (χ2v) is 33.5. The van der Waals surface area contributed by atoms with Crippen molar-refractivity contribution in [2.45, 2.75) is 13.3 Å². The number of benzene rings is 9. The average molecular weight is 1760 g/mol. The van der Waals surface area contributed by atoms with E-state index in [1.807, 2.05) is 180 Å². The van der Waals surface area contributed by atoms with Crippen LogP contribution in [0.25, 0.3) is 158 Å². The number of halogens is 2. The summed E-state index contributed by atoms with van der Waals surface area (Å²) in [5.41, 5.74) is 34.0. The monoisotopic (exact) mass is 1760 g/mol. The molecule has 0 spiro atoms. The van der Waals surface area contributed by atoms with E-state index in [4.69, 9.17) is 35.8 Å². The van der Waals surface area contributed by atoms with Crippen LogP contribution in [0.4, 0.5) is 4.39 Å². The molecule has 11 aromatic heterocycles. The Morgan fingerprint density at radius 2 is 0.913 bits per heavy atom. The van der Waals surface area contributed by atoms with Crippen molar-refractivity contribution in [1.82, 2.24) is 64.7 Å². The van der Waals surface area contributed by atoms with Crippen LogP contribution in [-0.4, -0.2) is 119 Å². The van der Waals surface area contributed by atoms with E-state index in [9.17, 15) is 9.18 Å². The summed E-state index contributed by atoms with van der Waals surface area (Å²) >= 11 is 12.7. The van der Waals surface area contributed by atoms with Gasteiger partial charge in [0.2, 0.25) is 6.79 Å². The van der Waals surface area contributed by atoms with Gasteiger partial charge < -0.3 is 24.3 Å². The molecule has 19 nitrogen and oxygen atoms in total. The predicted molar refractivity (Wildman–Crippen MR) is 508 cm³/mol. The lowest BCUT2D eigenvalue weighted by atomic mass is 9.98. The van der Waals surface area contributed by atoms with Gasteiger partial charge in [0.05, 0.1) is 141 Å². The first-order valence-electron chi connectivity index (χ1n) is 40.7. The summed E-state index contributed by atoms with van der Waals surface area (Å²) in [6, 6.07) is 85.6. The number of pyridine rings is 6. The Kier molecular flexibility index (Phi) is 25.7. The van der Waals surface area contributed by atoms with E-state index in [0.717, 1.165) is 201 Å². The number of carbonyl (C=O) groups is 1. The van der Waals surface area contributed by atoms with E-state index in [1.54, 1.807) is 101 Å². The molecule has 2 aliphatic heterocycles. The number of amides is 1. The van der Waals surface area contributed by atoms with Crippen LogP contribution in [0.2, 0.25) is 5.02 Å². The molecule has 1 N–H and O–H groups in total. The molecule has 9 aromatic carbocycles. The largest absolute Gasteiger partial charge is 0.497 e. The maximum atomic E-state index is 13.8. The van der Waals surface area contributed by atoms with Gasteiger partial charge >= 0.3 is 0 Å². The third-order valence-electron chi connectivity index (χ3n) is 21.5. The molecule has 0 unspecified atom stereocenters. The summed E-state index contributed by atoms with van der Waals surface area (Å²) < 4.78 is 41.8. The summed E-state index contributed by atoms with van der Waals surface area (Å²) in [4.78, 5) is 55.5. The molecule has 0 radical (unpaired) electrons. The fraction of sp³-hybridized carbons (Fsp3) is 0.0980. The number of fused-ring (bicyclic) bond motifs is 6. The lowest BCUT2D eigenvalue weighted by Crippen LogP contribution is -2.38. The van der Waals surface area contributed by atoms with E-state index in [1.165, 1.54) is 20.2 Å². The number of nitriles is 1. The van der Waals surface area contributed by atoms with Crippen molar-refractivity contribution in [3.63, 3.8) is 0 Å². The molecule has 0 aliphatic carbocycles. The van der Waals surface area contributed by atoms with Crippen molar-refractivity contribution in [1.29, 1.82) is 5.26 Å². The van der Waals surface area contributed by atoms with Crippen molar-refractivity contribution in [3.8, 4) is 135 Å². The first-order valence-corrected chi connectivity index (χ1v) is 44.6.